The molecule has 1 amide bonds. The lowest BCUT2D eigenvalue weighted by molar-refractivity contribution is -0.137. The highest BCUT2D eigenvalue weighted by Crippen LogP contribution is 2.36. The van der Waals surface area contributed by atoms with E-state index < -0.39 is 11.7 Å². The van der Waals surface area contributed by atoms with Crippen molar-refractivity contribution in [2.45, 2.75) is 25.4 Å². The number of amides is 1. The predicted molar refractivity (Wildman–Crippen MR) is 114 cm³/mol. The van der Waals surface area contributed by atoms with Gasteiger partial charge in [0.2, 0.25) is 5.91 Å². The lowest BCUT2D eigenvalue weighted by Gasteiger charge is -2.35. The van der Waals surface area contributed by atoms with Crippen LogP contribution in [0.4, 0.5) is 24.5 Å². The van der Waals surface area contributed by atoms with E-state index in [0.717, 1.165) is 49.3 Å². The number of halogens is 3. The van der Waals surface area contributed by atoms with Crippen LogP contribution in [0.5, 0.6) is 0 Å². The molecule has 5 rings (SSSR count). The van der Waals surface area contributed by atoms with Crippen LogP contribution in [0.3, 0.4) is 0 Å². The minimum atomic E-state index is -4.39. The predicted octanol–water partition coefficient (Wildman–Crippen LogP) is 5.06. The van der Waals surface area contributed by atoms with Crippen LogP contribution in [0.2, 0.25) is 0 Å². The maximum absolute atomic E-state index is 13.1. The van der Waals surface area contributed by atoms with Crippen LogP contribution >= 0.6 is 0 Å². The Bertz CT molecular complexity index is 1140. The molecule has 4 nitrogen and oxygen atoms in total. The van der Waals surface area contributed by atoms with Gasteiger partial charge < -0.3 is 9.80 Å². The van der Waals surface area contributed by atoms with Crippen LogP contribution in [0.15, 0.2) is 54.7 Å². The van der Waals surface area contributed by atoms with Gasteiger partial charge in [-0.2, -0.15) is 13.2 Å². The Hall–Kier alpha value is -3.09. The molecule has 0 radical (unpaired) electrons. The summed E-state index contributed by atoms with van der Waals surface area (Å²) in [6.45, 7) is 2.10. The largest absolute Gasteiger partial charge is 0.416 e. The average Bonchev–Trinajstić information content (AvgIpc) is 3.21. The second-order valence-corrected chi connectivity index (χ2v) is 8.19. The van der Waals surface area contributed by atoms with E-state index in [1.807, 2.05) is 29.2 Å². The van der Waals surface area contributed by atoms with Gasteiger partial charge in [0.1, 0.15) is 0 Å². The van der Waals surface area contributed by atoms with Gasteiger partial charge in [-0.3, -0.25) is 9.78 Å². The van der Waals surface area contributed by atoms with Crippen molar-refractivity contribution in [3.05, 3.63) is 65.9 Å². The molecule has 160 valence electrons. The molecule has 0 unspecified atom stereocenters. The number of para-hydroxylation sites is 1. The Balaban J connectivity index is 1.32. The SMILES string of the molecule is O=C(C1CCN(c2ccnc3cc(C(F)(F)F)ccc23)CC1)N1CCc2ccccc21. The molecule has 1 aromatic heterocycles. The summed E-state index contributed by atoms with van der Waals surface area (Å²) in [5.74, 6) is 0.145. The summed E-state index contributed by atoms with van der Waals surface area (Å²) in [6, 6.07) is 13.6. The number of anilines is 2. The molecule has 2 aliphatic rings. The van der Waals surface area contributed by atoms with E-state index in [0.29, 0.717) is 24.0 Å². The number of carbonyl (C=O) groups is 1. The lowest BCUT2D eigenvalue weighted by Crippen LogP contribution is -2.42. The number of aromatic nitrogens is 1. The first-order chi connectivity index (χ1) is 14.9. The molecule has 0 atom stereocenters. The zero-order chi connectivity index (χ0) is 21.6. The number of carbonyl (C=O) groups excluding carboxylic acids is 1. The van der Waals surface area contributed by atoms with E-state index in [9.17, 15) is 18.0 Å². The maximum Gasteiger partial charge on any atom is 0.416 e. The zero-order valence-electron chi connectivity index (χ0n) is 16.9. The molecule has 1 saturated heterocycles. The van der Waals surface area contributed by atoms with Crippen LogP contribution in [0, 0.1) is 5.92 Å². The summed E-state index contributed by atoms with van der Waals surface area (Å²) in [4.78, 5) is 21.3. The van der Waals surface area contributed by atoms with Crippen molar-refractivity contribution in [3.63, 3.8) is 0 Å². The molecule has 3 heterocycles. The van der Waals surface area contributed by atoms with Gasteiger partial charge in [0, 0.05) is 48.5 Å². The van der Waals surface area contributed by atoms with Gasteiger partial charge in [-0.25, -0.2) is 0 Å². The molecule has 0 spiro atoms. The number of alkyl halides is 3. The number of pyridine rings is 1. The Morgan fingerprint density at radius 2 is 1.74 bits per heavy atom. The van der Waals surface area contributed by atoms with Gasteiger partial charge in [-0.1, -0.05) is 24.3 Å². The molecule has 0 aliphatic carbocycles. The van der Waals surface area contributed by atoms with Crippen LogP contribution in [0.1, 0.15) is 24.0 Å². The van der Waals surface area contributed by atoms with Crippen molar-refractivity contribution in [2.24, 2.45) is 5.92 Å². The third-order valence-corrected chi connectivity index (χ3v) is 6.39. The summed E-state index contributed by atoms with van der Waals surface area (Å²) < 4.78 is 39.1. The summed E-state index contributed by atoms with van der Waals surface area (Å²) in [5.41, 5.74) is 2.75. The number of benzene rings is 2. The second-order valence-electron chi connectivity index (χ2n) is 8.19. The average molecular weight is 425 g/mol. The number of rotatable bonds is 2. The van der Waals surface area contributed by atoms with Gasteiger partial charge in [0.25, 0.3) is 0 Å². The highest BCUT2D eigenvalue weighted by Gasteiger charge is 2.33. The van der Waals surface area contributed by atoms with Gasteiger partial charge in [-0.15, -0.1) is 0 Å². The molecule has 31 heavy (non-hydrogen) atoms. The normalized spacial score (nSPS) is 17.3. The number of hydrogen-bond donors (Lipinski definition) is 0. The number of piperidine rings is 1. The van der Waals surface area contributed by atoms with E-state index in [1.54, 1.807) is 6.20 Å². The number of nitrogens with zero attached hydrogens (tertiary/aromatic N) is 3. The van der Waals surface area contributed by atoms with E-state index in [2.05, 4.69) is 16.0 Å². The van der Waals surface area contributed by atoms with Crippen molar-refractivity contribution < 1.29 is 18.0 Å². The molecule has 3 aromatic rings. The van der Waals surface area contributed by atoms with E-state index in [4.69, 9.17) is 0 Å². The molecular formula is C24H22F3N3O. The smallest absolute Gasteiger partial charge is 0.371 e. The van der Waals surface area contributed by atoms with Crippen LogP contribution in [-0.4, -0.2) is 30.5 Å². The van der Waals surface area contributed by atoms with Gasteiger partial charge in [0.05, 0.1) is 11.1 Å². The maximum atomic E-state index is 13.1. The second kappa shape index (κ2) is 7.55. The zero-order valence-corrected chi connectivity index (χ0v) is 16.9. The van der Waals surface area contributed by atoms with Gasteiger partial charge >= 0.3 is 6.18 Å². The van der Waals surface area contributed by atoms with Gasteiger partial charge in [0.15, 0.2) is 0 Å². The highest BCUT2D eigenvalue weighted by molar-refractivity contribution is 5.97. The molecule has 2 aromatic carbocycles. The van der Waals surface area contributed by atoms with Crippen molar-refractivity contribution in [2.75, 3.05) is 29.4 Å². The minimum Gasteiger partial charge on any atom is -0.371 e. The van der Waals surface area contributed by atoms with E-state index in [-0.39, 0.29) is 11.8 Å². The van der Waals surface area contributed by atoms with Crippen molar-refractivity contribution in [3.8, 4) is 0 Å². The van der Waals surface area contributed by atoms with E-state index in [1.165, 1.54) is 11.6 Å². The standard InChI is InChI=1S/C24H22F3N3O/c25-24(26,27)18-5-6-19-20(15-18)28-11-7-22(19)29-12-8-17(9-13-29)23(31)30-14-10-16-3-1-2-4-21(16)30/h1-7,11,15,17H,8-10,12-14H2. The highest BCUT2D eigenvalue weighted by atomic mass is 19.4. The van der Waals surface area contributed by atoms with Crippen molar-refractivity contribution in [1.29, 1.82) is 0 Å². The summed E-state index contributed by atoms with van der Waals surface area (Å²) in [7, 11) is 0. The molecule has 2 aliphatic heterocycles. The third kappa shape index (κ3) is 3.62. The lowest BCUT2D eigenvalue weighted by atomic mass is 9.94. The Kier molecular flexibility index (Phi) is 4.84. The Labute approximate surface area is 178 Å². The first-order valence-corrected chi connectivity index (χ1v) is 10.5. The molecule has 1 fully saturated rings. The minimum absolute atomic E-state index is 0.0349. The Morgan fingerprint density at radius 1 is 0.968 bits per heavy atom. The molecular weight excluding hydrogens is 403 g/mol. The first kappa shape index (κ1) is 19.8. The molecule has 7 heteroatoms. The van der Waals surface area contributed by atoms with Crippen LogP contribution in [0.25, 0.3) is 10.9 Å². The fourth-order valence-electron chi connectivity index (χ4n) is 4.74. The third-order valence-electron chi connectivity index (χ3n) is 6.39. The van der Waals surface area contributed by atoms with Crippen LogP contribution < -0.4 is 9.80 Å². The van der Waals surface area contributed by atoms with Crippen molar-refractivity contribution >= 4 is 28.2 Å². The number of fused-ring (bicyclic) bond motifs is 2. The number of hydrogen-bond acceptors (Lipinski definition) is 3. The monoisotopic (exact) mass is 425 g/mol. The van der Waals surface area contributed by atoms with E-state index >= 15 is 0 Å². The summed E-state index contributed by atoms with van der Waals surface area (Å²) in [6.07, 6.45) is -0.497. The fourth-order valence-corrected chi connectivity index (χ4v) is 4.74. The fraction of sp³-hybridized carbons (Fsp3) is 0.333. The summed E-state index contributed by atoms with van der Waals surface area (Å²) >= 11 is 0. The van der Waals surface area contributed by atoms with Gasteiger partial charge in [-0.05, 0) is 49.1 Å². The molecule has 0 N–H and O–H groups in total. The van der Waals surface area contributed by atoms with Crippen molar-refractivity contribution in [1.82, 2.24) is 4.98 Å². The molecule has 0 bridgehead atoms. The first-order valence-electron chi connectivity index (χ1n) is 10.5. The topological polar surface area (TPSA) is 36.4 Å². The summed E-state index contributed by atoms with van der Waals surface area (Å²) in [5, 5.41) is 0.703. The van der Waals surface area contributed by atoms with Crippen LogP contribution in [-0.2, 0) is 17.4 Å². The molecule has 0 saturated carbocycles. The quantitative estimate of drug-likeness (QED) is 0.576. The Morgan fingerprint density at radius 3 is 2.52 bits per heavy atom.